The Bertz CT molecular complexity index is 107. The van der Waals surface area contributed by atoms with Crippen LogP contribution in [-0.2, 0) is 4.79 Å². The van der Waals surface area contributed by atoms with Crippen LogP contribution in [-0.4, -0.2) is 23.1 Å². The van der Waals surface area contributed by atoms with Gasteiger partial charge in [-0.05, 0) is 0 Å². The number of hydrazine groups is 1. The molecule has 0 fully saturated rings. The Labute approximate surface area is 59.9 Å². The molecule has 3 nitrogen and oxygen atoms in total. The second-order valence-electron chi connectivity index (χ2n) is 1.45. The molecule has 51 valence electrons. The predicted molar refractivity (Wildman–Crippen MR) is 39.6 cm³/mol. The summed E-state index contributed by atoms with van der Waals surface area (Å²) in [5.74, 6) is 5.60. The molecule has 0 rings (SSSR count). The molecule has 0 aromatic heterocycles. The average Bonchev–Trinajstić information content (AvgIpc) is 1.90. The lowest BCUT2D eigenvalue weighted by Crippen LogP contribution is -2.38. The summed E-state index contributed by atoms with van der Waals surface area (Å²) in [6.45, 7) is 3.37. The molecule has 0 aromatic carbocycles. The van der Waals surface area contributed by atoms with Crippen molar-refractivity contribution in [3.05, 3.63) is 12.8 Å². The van der Waals surface area contributed by atoms with E-state index in [1.165, 1.54) is 11.2 Å². The van der Waals surface area contributed by atoms with Crippen LogP contribution in [0.15, 0.2) is 12.8 Å². The van der Waals surface area contributed by atoms with Crippen molar-refractivity contribution < 1.29 is 4.79 Å². The summed E-state index contributed by atoms with van der Waals surface area (Å²) in [7, 11) is 0. The summed E-state index contributed by atoms with van der Waals surface area (Å²) in [5.41, 5.74) is 0. The van der Waals surface area contributed by atoms with Crippen LogP contribution in [0, 0.1) is 0 Å². The van der Waals surface area contributed by atoms with Gasteiger partial charge in [0, 0.05) is 12.0 Å². The van der Waals surface area contributed by atoms with Crippen LogP contribution < -0.4 is 5.84 Å². The number of nitrogens with zero attached hydrogens (tertiary/aromatic N) is 1. The molecule has 1 unspecified atom stereocenters. The molecule has 1 radical (unpaired) electrons. The fourth-order valence-electron chi connectivity index (χ4n) is 0.320. The molecular weight excluding hydrogens is 136 g/mol. The summed E-state index contributed by atoms with van der Waals surface area (Å²) < 4.78 is 0. The first-order valence-electron chi connectivity index (χ1n) is 2.40. The zero-order valence-electron chi connectivity index (χ0n) is 4.95. The van der Waals surface area contributed by atoms with Crippen molar-refractivity contribution in [2.75, 3.05) is 5.75 Å². The molecule has 0 aliphatic rings. The molecule has 2 N–H and O–H groups in total. The number of rotatable bonds is 4. The summed E-state index contributed by atoms with van der Waals surface area (Å²) in [6, 6.07) is -0.481. The second-order valence-corrected chi connectivity index (χ2v) is 1.81. The normalized spacial score (nSPS) is 12.2. The quantitative estimate of drug-likeness (QED) is 0.325. The topological polar surface area (TPSA) is 46.3 Å². The van der Waals surface area contributed by atoms with E-state index >= 15 is 0 Å². The highest BCUT2D eigenvalue weighted by Crippen LogP contribution is 1.91. The highest BCUT2D eigenvalue weighted by Gasteiger charge is 2.07. The van der Waals surface area contributed by atoms with Crippen molar-refractivity contribution in [2.45, 2.75) is 6.04 Å². The summed E-state index contributed by atoms with van der Waals surface area (Å²) >= 11 is 3.86. The number of carbonyl (C=O) groups excluding carboxylic acids is 1. The van der Waals surface area contributed by atoms with E-state index in [-0.39, 0.29) is 0 Å². The number of hydrogen-bond donors (Lipinski definition) is 2. The van der Waals surface area contributed by atoms with E-state index in [1.54, 1.807) is 6.29 Å². The van der Waals surface area contributed by atoms with Gasteiger partial charge in [-0.25, -0.2) is 5.84 Å². The van der Waals surface area contributed by atoms with Crippen LogP contribution in [0.2, 0.25) is 0 Å². The van der Waals surface area contributed by atoms with Gasteiger partial charge in [-0.1, -0.05) is 6.58 Å². The first-order valence-corrected chi connectivity index (χ1v) is 3.03. The Morgan fingerprint density at radius 1 is 2.00 bits per heavy atom. The number of thiol groups is 1. The first-order chi connectivity index (χ1) is 4.26. The van der Waals surface area contributed by atoms with Gasteiger partial charge < -0.3 is 5.01 Å². The van der Waals surface area contributed by atoms with Crippen LogP contribution in [0.1, 0.15) is 0 Å². The van der Waals surface area contributed by atoms with Gasteiger partial charge in [0.05, 0.1) is 0 Å². The lowest BCUT2D eigenvalue weighted by molar-refractivity contribution is 0.359. The van der Waals surface area contributed by atoms with Crippen LogP contribution >= 0.6 is 12.6 Å². The van der Waals surface area contributed by atoms with Gasteiger partial charge in [-0.3, -0.25) is 4.79 Å². The molecule has 4 heteroatoms. The molecule has 0 amide bonds. The van der Waals surface area contributed by atoms with Crippen molar-refractivity contribution in [1.82, 2.24) is 5.01 Å². The third kappa shape index (κ3) is 2.53. The zero-order valence-corrected chi connectivity index (χ0v) is 5.84. The third-order valence-electron chi connectivity index (χ3n) is 0.880. The smallest absolute Gasteiger partial charge is 0.225 e. The average molecular weight is 145 g/mol. The third-order valence-corrected chi connectivity index (χ3v) is 1.23. The molecule has 0 aromatic rings. The second kappa shape index (κ2) is 4.40. The van der Waals surface area contributed by atoms with Gasteiger partial charge in [-0.2, -0.15) is 12.6 Å². The van der Waals surface area contributed by atoms with E-state index in [0.29, 0.717) is 5.75 Å². The van der Waals surface area contributed by atoms with Crippen molar-refractivity contribution in [1.29, 1.82) is 0 Å². The number of hydrogen-bond acceptors (Lipinski definition) is 4. The maximum Gasteiger partial charge on any atom is 0.225 e. The highest BCUT2D eigenvalue weighted by molar-refractivity contribution is 7.80. The van der Waals surface area contributed by atoms with E-state index in [9.17, 15) is 4.79 Å². The Hall–Kier alpha value is -0.480. The summed E-state index contributed by atoms with van der Waals surface area (Å²) in [5, 5.41) is 1.17. The van der Waals surface area contributed by atoms with Crippen LogP contribution in [0.5, 0.6) is 0 Å². The van der Waals surface area contributed by atoms with E-state index in [1.807, 2.05) is 0 Å². The Balaban J connectivity index is 3.77. The van der Waals surface area contributed by atoms with E-state index < -0.39 is 6.04 Å². The minimum atomic E-state index is -0.481. The molecular formula is C5H9N2OS. The van der Waals surface area contributed by atoms with Crippen molar-refractivity contribution in [3.63, 3.8) is 0 Å². The highest BCUT2D eigenvalue weighted by atomic mass is 32.1. The molecule has 0 aliphatic heterocycles. The van der Waals surface area contributed by atoms with E-state index in [2.05, 4.69) is 19.2 Å². The van der Waals surface area contributed by atoms with Gasteiger partial charge in [0.15, 0.2) is 0 Å². The van der Waals surface area contributed by atoms with Crippen LogP contribution in [0.25, 0.3) is 0 Å². The van der Waals surface area contributed by atoms with Crippen molar-refractivity contribution in [3.8, 4) is 0 Å². The minimum absolute atomic E-state index is 0.353. The summed E-state index contributed by atoms with van der Waals surface area (Å²) in [4.78, 5) is 9.99. The zero-order chi connectivity index (χ0) is 7.28. The van der Waals surface area contributed by atoms with Crippen LogP contribution in [0.3, 0.4) is 0 Å². The maximum absolute atomic E-state index is 9.99. The lowest BCUT2D eigenvalue weighted by Gasteiger charge is -2.16. The molecule has 0 heterocycles. The van der Waals surface area contributed by atoms with Gasteiger partial charge in [0.1, 0.15) is 6.04 Å². The minimum Gasteiger partial charge on any atom is -0.307 e. The predicted octanol–water partition coefficient (Wildman–Crippen LogP) is -0.286. The standard InChI is InChI=1S/C5H9N2OS/c1-2-7(6)5(3-8)4-9/h2,5,9H,1,4,6H2. The lowest BCUT2D eigenvalue weighted by atomic mass is 10.4. The molecule has 1 atom stereocenters. The maximum atomic E-state index is 9.99. The first kappa shape index (κ1) is 8.52. The van der Waals surface area contributed by atoms with Gasteiger partial charge in [0.2, 0.25) is 6.29 Å². The van der Waals surface area contributed by atoms with Gasteiger partial charge in [-0.15, -0.1) is 0 Å². The Morgan fingerprint density at radius 2 is 2.56 bits per heavy atom. The van der Waals surface area contributed by atoms with E-state index in [4.69, 9.17) is 5.84 Å². The Kier molecular flexibility index (Phi) is 4.17. The monoisotopic (exact) mass is 145 g/mol. The van der Waals surface area contributed by atoms with Gasteiger partial charge >= 0.3 is 0 Å². The molecule has 0 aliphatic carbocycles. The molecule has 0 spiro atoms. The fraction of sp³-hybridized carbons (Fsp3) is 0.400. The molecule has 0 bridgehead atoms. The van der Waals surface area contributed by atoms with Crippen molar-refractivity contribution >= 4 is 18.9 Å². The van der Waals surface area contributed by atoms with Crippen LogP contribution in [0.4, 0.5) is 0 Å². The number of nitrogens with two attached hydrogens (primary N) is 1. The summed E-state index contributed by atoms with van der Waals surface area (Å²) in [6.07, 6.45) is 3.06. The molecule has 9 heavy (non-hydrogen) atoms. The fourth-order valence-corrected chi connectivity index (χ4v) is 0.583. The van der Waals surface area contributed by atoms with E-state index in [0.717, 1.165) is 0 Å². The SMILES string of the molecule is C=CN(N)C([C]=O)CS. The Morgan fingerprint density at radius 3 is 2.67 bits per heavy atom. The molecule has 0 saturated carbocycles. The van der Waals surface area contributed by atoms with Gasteiger partial charge in [0.25, 0.3) is 0 Å². The molecule has 0 saturated heterocycles. The largest absolute Gasteiger partial charge is 0.307 e. The van der Waals surface area contributed by atoms with Crippen molar-refractivity contribution in [2.24, 2.45) is 5.84 Å².